The molecule has 2 unspecified atom stereocenters. The first-order valence-electron chi connectivity index (χ1n) is 5.66. The van der Waals surface area contributed by atoms with E-state index in [1.165, 1.54) is 6.92 Å². The van der Waals surface area contributed by atoms with Gasteiger partial charge in [-0.1, -0.05) is 18.2 Å². The number of para-hydroxylation sites is 1. The van der Waals surface area contributed by atoms with Crippen molar-refractivity contribution in [2.45, 2.75) is 26.3 Å². The third-order valence-electron chi connectivity index (χ3n) is 3.19. The third kappa shape index (κ3) is 1.90. The van der Waals surface area contributed by atoms with E-state index in [-0.39, 0.29) is 11.9 Å². The SMILES string of the molecule is CC(C(=O)O)C(=O)N1c2ccccc2CC1C. The van der Waals surface area contributed by atoms with Crippen LogP contribution in [0.1, 0.15) is 19.4 Å². The molecule has 2 atom stereocenters. The number of hydrogen-bond acceptors (Lipinski definition) is 2. The molecule has 2 rings (SSSR count). The summed E-state index contributed by atoms with van der Waals surface area (Å²) in [5, 5.41) is 8.90. The first-order valence-corrected chi connectivity index (χ1v) is 5.66. The predicted octanol–water partition coefficient (Wildman–Crippen LogP) is 1.68. The number of carbonyl (C=O) groups is 2. The summed E-state index contributed by atoms with van der Waals surface area (Å²) in [5.74, 6) is -2.41. The lowest BCUT2D eigenvalue weighted by atomic mass is 10.1. The van der Waals surface area contributed by atoms with Crippen LogP contribution in [0.4, 0.5) is 5.69 Å². The highest BCUT2D eigenvalue weighted by Gasteiger charge is 2.35. The van der Waals surface area contributed by atoms with Crippen LogP contribution in [0, 0.1) is 5.92 Å². The van der Waals surface area contributed by atoms with E-state index in [1.807, 2.05) is 31.2 Å². The number of rotatable bonds is 2. The third-order valence-corrected chi connectivity index (χ3v) is 3.19. The van der Waals surface area contributed by atoms with E-state index in [0.717, 1.165) is 17.7 Å². The molecule has 0 saturated heterocycles. The van der Waals surface area contributed by atoms with Crippen LogP contribution in [0.2, 0.25) is 0 Å². The largest absolute Gasteiger partial charge is 0.481 e. The topological polar surface area (TPSA) is 57.6 Å². The average Bonchev–Trinajstić information content (AvgIpc) is 2.62. The molecule has 4 nitrogen and oxygen atoms in total. The van der Waals surface area contributed by atoms with Crippen molar-refractivity contribution in [2.24, 2.45) is 5.92 Å². The maximum atomic E-state index is 12.1. The Morgan fingerprint density at radius 2 is 2.06 bits per heavy atom. The summed E-state index contributed by atoms with van der Waals surface area (Å²) in [5.41, 5.74) is 1.95. The molecule has 90 valence electrons. The number of aliphatic carboxylic acids is 1. The summed E-state index contributed by atoms with van der Waals surface area (Å²) < 4.78 is 0. The van der Waals surface area contributed by atoms with Crippen LogP contribution in [0.3, 0.4) is 0 Å². The Bertz CT molecular complexity index is 469. The molecule has 17 heavy (non-hydrogen) atoms. The van der Waals surface area contributed by atoms with Crippen molar-refractivity contribution in [2.75, 3.05) is 4.90 Å². The van der Waals surface area contributed by atoms with Crippen LogP contribution >= 0.6 is 0 Å². The fourth-order valence-electron chi connectivity index (χ4n) is 2.22. The molecule has 1 aromatic carbocycles. The molecule has 1 aromatic rings. The van der Waals surface area contributed by atoms with Crippen LogP contribution in [0.5, 0.6) is 0 Å². The molecule has 1 amide bonds. The smallest absolute Gasteiger partial charge is 0.315 e. The fourth-order valence-corrected chi connectivity index (χ4v) is 2.22. The van der Waals surface area contributed by atoms with Gasteiger partial charge < -0.3 is 10.0 Å². The van der Waals surface area contributed by atoms with E-state index in [2.05, 4.69) is 0 Å². The first-order chi connectivity index (χ1) is 8.02. The van der Waals surface area contributed by atoms with Gasteiger partial charge in [0.2, 0.25) is 5.91 Å². The van der Waals surface area contributed by atoms with Gasteiger partial charge in [-0.2, -0.15) is 0 Å². The molecule has 0 fully saturated rings. The molecule has 0 radical (unpaired) electrons. The van der Waals surface area contributed by atoms with Gasteiger partial charge in [-0.15, -0.1) is 0 Å². The monoisotopic (exact) mass is 233 g/mol. The van der Waals surface area contributed by atoms with Crippen LogP contribution in [0.25, 0.3) is 0 Å². The fraction of sp³-hybridized carbons (Fsp3) is 0.385. The summed E-state index contributed by atoms with van der Waals surface area (Å²) in [6, 6.07) is 7.67. The highest BCUT2D eigenvalue weighted by Crippen LogP contribution is 2.32. The lowest BCUT2D eigenvalue weighted by molar-refractivity contribution is -0.145. The Kier molecular flexibility index (Phi) is 2.88. The molecule has 0 aliphatic carbocycles. The van der Waals surface area contributed by atoms with Crippen molar-refractivity contribution in [3.05, 3.63) is 29.8 Å². The lowest BCUT2D eigenvalue weighted by Gasteiger charge is -2.24. The number of carboxylic acid groups (broad SMARTS) is 1. The van der Waals surface area contributed by atoms with Crippen molar-refractivity contribution in [1.82, 2.24) is 0 Å². The number of carboxylic acids is 1. The van der Waals surface area contributed by atoms with Gasteiger partial charge in [0, 0.05) is 11.7 Å². The van der Waals surface area contributed by atoms with Gasteiger partial charge >= 0.3 is 5.97 Å². The van der Waals surface area contributed by atoms with E-state index < -0.39 is 11.9 Å². The molecule has 0 bridgehead atoms. The molecular formula is C13H15NO3. The summed E-state index contributed by atoms with van der Waals surface area (Å²) >= 11 is 0. The number of anilines is 1. The van der Waals surface area contributed by atoms with Gasteiger partial charge in [0.1, 0.15) is 5.92 Å². The van der Waals surface area contributed by atoms with Crippen molar-refractivity contribution in [1.29, 1.82) is 0 Å². The average molecular weight is 233 g/mol. The second-order valence-corrected chi connectivity index (χ2v) is 4.45. The number of benzene rings is 1. The summed E-state index contributed by atoms with van der Waals surface area (Å²) in [7, 11) is 0. The second kappa shape index (κ2) is 4.20. The van der Waals surface area contributed by atoms with Crippen molar-refractivity contribution in [3.8, 4) is 0 Å². The molecule has 0 spiro atoms. The number of amides is 1. The van der Waals surface area contributed by atoms with Gasteiger partial charge in [0.05, 0.1) is 0 Å². The van der Waals surface area contributed by atoms with Crippen LogP contribution in [-0.2, 0) is 16.0 Å². The highest BCUT2D eigenvalue weighted by atomic mass is 16.4. The molecule has 0 aromatic heterocycles. The first kappa shape index (κ1) is 11.6. The number of fused-ring (bicyclic) bond motifs is 1. The zero-order chi connectivity index (χ0) is 12.6. The minimum Gasteiger partial charge on any atom is -0.481 e. The zero-order valence-corrected chi connectivity index (χ0v) is 9.88. The summed E-state index contributed by atoms with van der Waals surface area (Å²) in [4.78, 5) is 24.6. The zero-order valence-electron chi connectivity index (χ0n) is 9.88. The standard InChI is InChI=1S/C13H15NO3/c1-8-7-10-5-3-4-6-11(10)14(8)12(15)9(2)13(16)17/h3-6,8-9H,7H2,1-2H3,(H,16,17). The second-order valence-electron chi connectivity index (χ2n) is 4.45. The van der Waals surface area contributed by atoms with E-state index in [0.29, 0.717) is 0 Å². The van der Waals surface area contributed by atoms with Crippen LogP contribution in [-0.4, -0.2) is 23.0 Å². The minimum atomic E-state index is -1.08. The Morgan fingerprint density at radius 3 is 2.71 bits per heavy atom. The number of carbonyl (C=O) groups excluding carboxylic acids is 1. The van der Waals surface area contributed by atoms with Crippen LogP contribution in [0.15, 0.2) is 24.3 Å². The van der Waals surface area contributed by atoms with Gasteiger partial charge in [-0.05, 0) is 31.9 Å². The Balaban J connectivity index is 2.33. The Hall–Kier alpha value is -1.84. The number of hydrogen-bond donors (Lipinski definition) is 1. The normalized spacial score (nSPS) is 19.9. The predicted molar refractivity (Wildman–Crippen MR) is 63.9 cm³/mol. The van der Waals surface area contributed by atoms with Crippen molar-refractivity contribution < 1.29 is 14.7 Å². The highest BCUT2D eigenvalue weighted by molar-refractivity contribution is 6.06. The molecule has 0 saturated carbocycles. The Morgan fingerprint density at radius 1 is 1.41 bits per heavy atom. The quantitative estimate of drug-likeness (QED) is 0.791. The molecule has 1 heterocycles. The molecule has 1 aliphatic rings. The van der Waals surface area contributed by atoms with Crippen molar-refractivity contribution >= 4 is 17.6 Å². The number of nitrogens with zero attached hydrogens (tertiary/aromatic N) is 1. The Labute approximate surface area is 99.9 Å². The van der Waals surface area contributed by atoms with Gasteiger partial charge in [-0.3, -0.25) is 9.59 Å². The molecular weight excluding hydrogens is 218 g/mol. The maximum absolute atomic E-state index is 12.1. The summed E-state index contributed by atoms with van der Waals surface area (Å²) in [6.07, 6.45) is 0.786. The van der Waals surface area contributed by atoms with E-state index in [9.17, 15) is 9.59 Å². The maximum Gasteiger partial charge on any atom is 0.315 e. The lowest BCUT2D eigenvalue weighted by Crippen LogP contribution is -2.41. The van der Waals surface area contributed by atoms with Crippen LogP contribution < -0.4 is 4.90 Å². The molecule has 1 N–H and O–H groups in total. The molecule has 1 aliphatic heterocycles. The van der Waals surface area contributed by atoms with Gasteiger partial charge in [0.15, 0.2) is 0 Å². The van der Waals surface area contributed by atoms with E-state index in [4.69, 9.17) is 5.11 Å². The van der Waals surface area contributed by atoms with E-state index in [1.54, 1.807) is 4.90 Å². The van der Waals surface area contributed by atoms with Crippen molar-refractivity contribution in [3.63, 3.8) is 0 Å². The summed E-state index contributed by atoms with van der Waals surface area (Å²) in [6.45, 7) is 3.37. The van der Waals surface area contributed by atoms with Gasteiger partial charge in [0.25, 0.3) is 0 Å². The van der Waals surface area contributed by atoms with E-state index >= 15 is 0 Å². The minimum absolute atomic E-state index is 0.0294. The van der Waals surface area contributed by atoms with Gasteiger partial charge in [-0.25, -0.2) is 0 Å². The molecule has 4 heteroatoms.